The van der Waals surface area contributed by atoms with Crippen molar-refractivity contribution in [1.82, 2.24) is 19.7 Å². The van der Waals surface area contributed by atoms with E-state index in [4.69, 9.17) is 9.26 Å². The summed E-state index contributed by atoms with van der Waals surface area (Å²) < 4.78 is 12.2. The molecule has 0 spiro atoms. The lowest BCUT2D eigenvalue weighted by Gasteiger charge is -2.09. The molecule has 0 aliphatic rings. The van der Waals surface area contributed by atoms with Gasteiger partial charge in [0.25, 0.3) is 5.89 Å². The summed E-state index contributed by atoms with van der Waals surface area (Å²) in [5.41, 5.74) is 3.27. The minimum atomic E-state index is -0.411. The number of pyridine rings is 1. The second-order valence-corrected chi connectivity index (χ2v) is 5.50. The van der Waals surface area contributed by atoms with Gasteiger partial charge in [-0.3, -0.25) is 4.98 Å². The van der Waals surface area contributed by atoms with Gasteiger partial charge in [0.15, 0.2) is 12.4 Å². The second-order valence-electron chi connectivity index (χ2n) is 5.50. The van der Waals surface area contributed by atoms with Crippen molar-refractivity contribution in [3.05, 3.63) is 64.8 Å². The Kier molecular flexibility index (Phi) is 4.41. The fourth-order valence-corrected chi connectivity index (χ4v) is 2.51. The van der Waals surface area contributed by atoms with E-state index in [1.165, 1.54) is 0 Å². The van der Waals surface area contributed by atoms with E-state index in [0.717, 1.165) is 17.1 Å². The third kappa shape index (κ3) is 3.34. The van der Waals surface area contributed by atoms with Crippen molar-refractivity contribution in [1.29, 1.82) is 0 Å². The molecular formula is C17H18N4O3. The number of nitrogens with zero attached hydrogens (tertiary/aromatic N) is 4. The molecular weight excluding hydrogens is 308 g/mol. The zero-order chi connectivity index (χ0) is 17.1. The van der Waals surface area contributed by atoms with Crippen LogP contribution in [-0.2, 0) is 17.9 Å². The molecule has 0 amide bonds. The maximum absolute atomic E-state index is 12.3. The molecule has 0 atom stereocenters. The largest absolute Gasteiger partial charge is 0.452 e. The first-order chi connectivity index (χ1) is 11.5. The topological polar surface area (TPSA) is 83.0 Å². The zero-order valence-electron chi connectivity index (χ0n) is 13.8. The standard InChI is InChI=1S/C17H18N4O3/c1-11-8-15(17(22)23-10-16-19-13(3)20-24-16)12(2)21(11)9-14-6-4-5-7-18-14/h4-8H,9-10H2,1-3H3. The van der Waals surface area contributed by atoms with Gasteiger partial charge >= 0.3 is 5.97 Å². The molecule has 0 radical (unpaired) electrons. The maximum atomic E-state index is 12.3. The molecule has 0 aliphatic heterocycles. The Morgan fingerprint density at radius 2 is 2.12 bits per heavy atom. The minimum Gasteiger partial charge on any atom is -0.452 e. The molecule has 3 rings (SSSR count). The summed E-state index contributed by atoms with van der Waals surface area (Å²) in [5, 5.41) is 3.66. The Bertz CT molecular complexity index is 852. The van der Waals surface area contributed by atoms with Gasteiger partial charge < -0.3 is 13.8 Å². The van der Waals surface area contributed by atoms with E-state index in [-0.39, 0.29) is 12.5 Å². The smallest absolute Gasteiger partial charge is 0.340 e. The molecule has 24 heavy (non-hydrogen) atoms. The molecule has 0 aliphatic carbocycles. The number of hydrogen-bond acceptors (Lipinski definition) is 6. The highest BCUT2D eigenvalue weighted by molar-refractivity contribution is 5.91. The van der Waals surface area contributed by atoms with Crippen LogP contribution in [-0.4, -0.2) is 25.7 Å². The van der Waals surface area contributed by atoms with Gasteiger partial charge in [-0.2, -0.15) is 4.98 Å². The summed E-state index contributed by atoms with van der Waals surface area (Å²) in [4.78, 5) is 20.7. The van der Waals surface area contributed by atoms with Gasteiger partial charge in [0.05, 0.1) is 17.8 Å². The summed E-state index contributed by atoms with van der Waals surface area (Å²) in [6.07, 6.45) is 1.76. The van der Waals surface area contributed by atoms with Crippen molar-refractivity contribution in [2.75, 3.05) is 0 Å². The monoisotopic (exact) mass is 326 g/mol. The summed E-state index contributed by atoms with van der Waals surface area (Å²) in [5.74, 6) is 0.379. The van der Waals surface area contributed by atoms with Crippen LogP contribution in [0.25, 0.3) is 0 Å². The Morgan fingerprint density at radius 3 is 2.79 bits per heavy atom. The van der Waals surface area contributed by atoms with Crippen LogP contribution >= 0.6 is 0 Å². The van der Waals surface area contributed by atoms with E-state index in [9.17, 15) is 4.79 Å². The molecule has 7 heteroatoms. The Labute approximate surface area is 139 Å². The lowest BCUT2D eigenvalue weighted by atomic mass is 10.2. The van der Waals surface area contributed by atoms with Gasteiger partial charge in [-0.05, 0) is 39.0 Å². The number of carbonyl (C=O) groups is 1. The first-order valence-electron chi connectivity index (χ1n) is 7.57. The van der Waals surface area contributed by atoms with E-state index in [1.54, 1.807) is 13.1 Å². The quantitative estimate of drug-likeness (QED) is 0.670. The Hall–Kier alpha value is -2.96. The van der Waals surface area contributed by atoms with Crippen LogP contribution in [0.2, 0.25) is 0 Å². The SMILES string of the molecule is Cc1noc(COC(=O)c2cc(C)n(Cc3ccccn3)c2C)n1. The molecule has 0 saturated carbocycles. The summed E-state index contributed by atoms with van der Waals surface area (Å²) in [7, 11) is 0. The number of rotatable bonds is 5. The molecule has 7 nitrogen and oxygen atoms in total. The lowest BCUT2D eigenvalue weighted by Crippen LogP contribution is -2.09. The molecule has 0 bridgehead atoms. The molecule has 0 saturated heterocycles. The van der Waals surface area contributed by atoms with Crippen LogP contribution in [0, 0.1) is 20.8 Å². The predicted molar refractivity (Wildman–Crippen MR) is 85.4 cm³/mol. The van der Waals surface area contributed by atoms with Gasteiger partial charge in [-0.15, -0.1) is 0 Å². The van der Waals surface area contributed by atoms with Gasteiger partial charge in [-0.25, -0.2) is 4.79 Å². The Balaban J connectivity index is 1.74. The van der Waals surface area contributed by atoms with Crippen LogP contribution in [0.4, 0.5) is 0 Å². The average molecular weight is 326 g/mol. The van der Waals surface area contributed by atoms with Crippen molar-refractivity contribution in [2.45, 2.75) is 33.9 Å². The van der Waals surface area contributed by atoms with E-state index in [0.29, 0.717) is 17.9 Å². The highest BCUT2D eigenvalue weighted by Crippen LogP contribution is 2.18. The van der Waals surface area contributed by atoms with E-state index in [1.807, 2.05) is 42.7 Å². The van der Waals surface area contributed by atoms with Crippen molar-refractivity contribution in [3.63, 3.8) is 0 Å². The summed E-state index contributed by atoms with van der Waals surface area (Å²) in [6, 6.07) is 7.59. The molecule has 3 aromatic heterocycles. The highest BCUT2D eigenvalue weighted by atomic mass is 16.6. The first-order valence-corrected chi connectivity index (χ1v) is 7.57. The molecule has 0 fully saturated rings. The fraction of sp³-hybridized carbons (Fsp3) is 0.294. The molecule has 124 valence electrons. The van der Waals surface area contributed by atoms with Gasteiger partial charge in [0, 0.05) is 17.6 Å². The summed E-state index contributed by atoms with van der Waals surface area (Å²) in [6.45, 7) is 6.12. The first kappa shape index (κ1) is 15.9. The van der Waals surface area contributed by atoms with Gasteiger partial charge in [0.1, 0.15) is 0 Å². The van der Waals surface area contributed by atoms with Crippen molar-refractivity contribution in [2.24, 2.45) is 0 Å². The van der Waals surface area contributed by atoms with Crippen molar-refractivity contribution in [3.8, 4) is 0 Å². The van der Waals surface area contributed by atoms with Crippen LogP contribution in [0.15, 0.2) is 35.0 Å². The molecule has 3 heterocycles. The lowest BCUT2D eigenvalue weighted by molar-refractivity contribution is 0.0429. The number of esters is 1. The zero-order valence-corrected chi connectivity index (χ0v) is 13.8. The van der Waals surface area contributed by atoms with Gasteiger partial charge in [-0.1, -0.05) is 11.2 Å². The van der Waals surface area contributed by atoms with E-state index < -0.39 is 5.97 Å². The Morgan fingerprint density at radius 1 is 1.29 bits per heavy atom. The number of hydrogen-bond donors (Lipinski definition) is 0. The third-order valence-corrected chi connectivity index (χ3v) is 3.74. The number of ether oxygens (including phenoxy) is 1. The molecule has 3 aromatic rings. The van der Waals surface area contributed by atoms with Crippen LogP contribution < -0.4 is 0 Å². The number of aromatic nitrogens is 4. The fourth-order valence-electron chi connectivity index (χ4n) is 2.51. The van der Waals surface area contributed by atoms with E-state index in [2.05, 4.69) is 15.1 Å². The second kappa shape index (κ2) is 6.66. The van der Waals surface area contributed by atoms with Gasteiger partial charge in [0.2, 0.25) is 0 Å². The molecule has 0 aromatic carbocycles. The number of aryl methyl sites for hydroxylation is 2. The average Bonchev–Trinajstić information content (AvgIpc) is 3.12. The normalized spacial score (nSPS) is 10.8. The van der Waals surface area contributed by atoms with Crippen LogP contribution in [0.3, 0.4) is 0 Å². The van der Waals surface area contributed by atoms with Crippen molar-refractivity contribution >= 4 is 5.97 Å². The maximum Gasteiger partial charge on any atom is 0.340 e. The van der Waals surface area contributed by atoms with E-state index >= 15 is 0 Å². The van der Waals surface area contributed by atoms with Crippen molar-refractivity contribution < 1.29 is 14.1 Å². The van der Waals surface area contributed by atoms with Crippen LogP contribution in [0.1, 0.15) is 39.2 Å². The summed E-state index contributed by atoms with van der Waals surface area (Å²) >= 11 is 0. The van der Waals surface area contributed by atoms with Crippen LogP contribution in [0.5, 0.6) is 0 Å². The number of carbonyl (C=O) groups excluding carboxylic acids is 1. The highest BCUT2D eigenvalue weighted by Gasteiger charge is 2.18. The predicted octanol–water partition coefficient (Wildman–Crippen LogP) is 2.60. The minimum absolute atomic E-state index is 0.0381. The molecule has 0 unspecified atom stereocenters. The third-order valence-electron chi connectivity index (χ3n) is 3.74. The molecule has 0 N–H and O–H groups in total.